The first-order valence-electron chi connectivity index (χ1n) is 8.92. The first-order valence-corrected chi connectivity index (χ1v) is 8.92. The fraction of sp³-hybridized carbons (Fsp3) is 0.556. The van der Waals surface area contributed by atoms with Gasteiger partial charge in [0.15, 0.2) is 0 Å². The van der Waals surface area contributed by atoms with Gasteiger partial charge in [0.2, 0.25) is 0 Å². The smallest absolute Gasteiger partial charge is 0.268 e. The Hall–Kier alpha value is -2.44. The number of hydrogen-bond acceptors (Lipinski definition) is 6. The largest absolute Gasteiger partial charge is 0.370 e. The second-order valence-corrected chi connectivity index (χ2v) is 6.72. The molecule has 25 heavy (non-hydrogen) atoms. The highest BCUT2D eigenvalue weighted by atomic mass is 16.1. The summed E-state index contributed by atoms with van der Waals surface area (Å²) in [4.78, 5) is 23.0. The van der Waals surface area contributed by atoms with Crippen molar-refractivity contribution >= 4 is 11.5 Å². The zero-order chi connectivity index (χ0) is 17.8. The van der Waals surface area contributed by atoms with Gasteiger partial charge in [0.05, 0.1) is 11.9 Å². The van der Waals surface area contributed by atoms with Crippen LogP contribution in [0.25, 0.3) is 0 Å². The molecule has 0 aromatic carbocycles. The molecule has 0 amide bonds. The lowest BCUT2D eigenvalue weighted by molar-refractivity contribution is 0.620. The Labute approximate surface area is 148 Å². The Kier molecular flexibility index (Phi) is 5.31. The summed E-state index contributed by atoms with van der Waals surface area (Å²) in [5, 5.41) is 7.57. The molecule has 134 valence electrons. The molecule has 3 heterocycles. The van der Waals surface area contributed by atoms with Crippen molar-refractivity contribution in [1.82, 2.24) is 19.7 Å². The van der Waals surface area contributed by atoms with Crippen LogP contribution in [0.4, 0.5) is 11.5 Å². The zero-order valence-corrected chi connectivity index (χ0v) is 15.2. The number of nitrogens with zero attached hydrogens (tertiary/aromatic N) is 5. The molecule has 1 aliphatic rings. The standard InChI is InChI=1S/C18H26N6O/c1-4-5-16-21-13(2)8-17(22-16)19-10-14-6-7-24(12-14)15-9-18(25)23(3)20-11-15/h8-9,11,14H,4-7,10,12H2,1-3H3,(H,19,21,22)/t14-/m1/s1. The normalized spacial score (nSPS) is 17.1. The van der Waals surface area contributed by atoms with E-state index in [2.05, 4.69) is 32.2 Å². The molecular formula is C18H26N6O. The van der Waals surface area contributed by atoms with E-state index in [-0.39, 0.29) is 5.56 Å². The zero-order valence-electron chi connectivity index (χ0n) is 15.2. The van der Waals surface area contributed by atoms with Crippen molar-refractivity contribution in [2.24, 2.45) is 13.0 Å². The number of hydrogen-bond donors (Lipinski definition) is 1. The topological polar surface area (TPSA) is 75.9 Å². The molecule has 1 fully saturated rings. The van der Waals surface area contributed by atoms with Gasteiger partial charge in [0.25, 0.3) is 5.56 Å². The third-order valence-corrected chi connectivity index (χ3v) is 4.55. The summed E-state index contributed by atoms with van der Waals surface area (Å²) in [7, 11) is 1.67. The third-order valence-electron chi connectivity index (χ3n) is 4.55. The van der Waals surface area contributed by atoms with E-state index in [1.807, 2.05) is 13.0 Å². The Morgan fingerprint density at radius 2 is 2.16 bits per heavy atom. The lowest BCUT2D eigenvalue weighted by atomic mass is 10.1. The molecule has 1 N–H and O–H groups in total. The van der Waals surface area contributed by atoms with Crippen LogP contribution in [0.5, 0.6) is 0 Å². The van der Waals surface area contributed by atoms with Crippen molar-refractivity contribution in [3.63, 3.8) is 0 Å². The molecule has 1 aliphatic heterocycles. The lowest BCUT2D eigenvalue weighted by Crippen LogP contribution is -2.26. The van der Waals surface area contributed by atoms with Crippen molar-refractivity contribution in [2.75, 3.05) is 29.9 Å². The fourth-order valence-corrected chi connectivity index (χ4v) is 3.17. The first kappa shape index (κ1) is 17.4. The average Bonchev–Trinajstić information content (AvgIpc) is 3.04. The van der Waals surface area contributed by atoms with Crippen LogP contribution in [-0.4, -0.2) is 39.4 Å². The fourth-order valence-electron chi connectivity index (χ4n) is 3.17. The SMILES string of the molecule is CCCc1nc(C)cc(NC[C@H]2CCN(c3cnn(C)c(=O)c3)C2)n1. The van der Waals surface area contributed by atoms with Gasteiger partial charge in [-0.2, -0.15) is 5.10 Å². The Morgan fingerprint density at radius 1 is 1.32 bits per heavy atom. The number of anilines is 2. The molecule has 7 heteroatoms. The molecule has 0 radical (unpaired) electrons. The maximum absolute atomic E-state index is 11.8. The molecule has 1 saturated heterocycles. The van der Waals surface area contributed by atoms with Gasteiger partial charge in [0, 0.05) is 50.9 Å². The minimum absolute atomic E-state index is 0.0704. The van der Waals surface area contributed by atoms with Gasteiger partial charge in [-0.3, -0.25) is 4.79 Å². The lowest BCUT2D eigenvalue weighted by Gasteiger charge is -2.18. The predicted octanol–water partition coefficient (Wildman–Crippen LogP) is 1.77. The molecule has 0 aliphatic carbocycles. The number of aromatic nitrogens is 4. The highest BCUT2D eigenvalue weighted by molar-refractivity contribution is 5.44. The molecule has 0 bridgehead atoms. The summed E-state index contributed by atoms with van der Waals surface area (Å²) >= 11 is 0. The number of aryl methyl sites for hydroxylation is 3. The van der Waals surface area contributed by atoms with Crippen molar-refractivity contribution < 1.29 is 0 Å². The number of rotatable bonds is 6. The summed E-state index contributed by atoms with van der Waals surface area (Å²) < 4.78 is 1.35. The molecular weight excluding hydrogens is 316 g/mol. The van der Waals surface area contributed by atoms with E-state index in [4.69, 9.17) is 0 Å². The second-order valence-electron chi connectivity index (χ2n) is 6.72. The van der Waals surface area contributed by atoms with Crippen LogP contribution in [0.3, 0.4) is 0 Å². The summed E-state index contributed by atoms with van der Waals surface area (Å²) in [6.07, 6.45) is 4.81. The summed E-state index contributed by atoms with van der Waals surface area (Å²) in [5.74, 6) is 2.34. The van der Waals surface area contributed by atoms with Crippen LogP contribution in [0.1, 0.15) is 31.3 Å². The monoisotopic (exact) mass is 342 g/mol. The third kappa shape index (κ3) is 4.35. The Bertz CT molecular complexity index is 787. The van der Waals surface area contributed by atoms with Crippen LogP contribution >= 0.6 is 0 Å². The van der Waals surface area contributed by atoms with Gasteiger partial charge in [0.1, 0.15) is 11.6 Å². The second kappa shape index (κ2) is 7.63. The predicted molar refractivity (Wildman–Crippen MR) is 99.1 cm³/mol. The quantitative estimate of drug-likeness (QED) is 0.862. The van der Waals surface area contributed by atoms with Gasteiger partial charge in [-0.05, 0) is 25.7 Å². The van der Waals surface area contributed by atoms with E-state index in [9.17, 15) is 4.79 Å². The molecule has 7 nitrogen and oxygen atoms in total. The average molecular weight is 342 g/mol. The highest BCUT2D eigenvalue weighted by Gasteiger charge is 2.23. The molecule has 0 saturated carbocycles. The first-order chi connectivity index (χ1) is 12.0. The summed E-state index contributed by atoms with van der Waals surface area (Å²) in [6.45, 7) is 6.89. The maximum Gasteiger partial charge on any atom is 0.268 e. The summed E-state index contributed by atoms with van der Waals surface area (Å²) in [6, 6.07) is 3.66. The molecule has 2 aromatic rings. The minimum Gasteiger partial charge on any atom is -0.370 e. The van der Waals surface area contributed by atoms with Crippen LogP contribution in [-0.2, 0) is 13.5 Å². The molecule has 1 atom stereocenters. The minimum atomic E-state index is -0.0704. The molecule has 0 unspecified atom stereocenters. The maximum atomic E-state index is 11.8. The van der Waals surface area contributed by atoms with Gasteiger partial charge < -0.3 is 10.2 Å². The summed E-state index contributed by atoms with van der Waals surface area (Å²) in [5.41, 5.74) is 1.84. The number of nitrogens with one attached hydrogen (secondary N) is 1. The van der Waals surface area contributed by atoms with Crippen LogP contribution in [0, 0.1) is 12.8 Å². The van der Waals surface area contributed by atoms with Gasteiger partial charge in [-0.15, -0.1) is 0 Å². The van der Waals surface area contributed by atoms with E-state index in [0.29, 0.717) is 5.92 Å². The Balaban J connectivity index is 1.58. The van der Waals surface area contributed by atoms with E-state index in [1.54, 1.807) is 19.3 Å². The van der Waals surface area contributed by atoms with Crippen molar-refractivity contribution in [3.8, 4) is 0 Å². The van der Waals surface area contributed by atoms with Crippen molar-refractivity contribution in [2.45, 2.75) is 33.1 Å². The molecule has 2 aromatic heterocycles. The van der Waals surface area contributed by atoms with Crippen molar-refractivity contribution in [3.05, 3.63) is 40.2 Å². The molecule has 0 spiro atoms. The van der Waals surface area contributed by atoms with Crippen molar-refractivity contribution in [1.29, 1.82) is 0 Å². The van der Waals surface area contributed by atoms with E-state index >= 15 is 0 Å². The van der Waals surface area contributed by atoms with E-state index in [0.717, 1.165) is 61.9 Å². The van der Waals surface area contributed by atoms with E-state index < -0.39 is 0 Å². The van der Waals surface area contributed by atoms with E-state index in [1.165, 1.54) is 4.68 Å². The van der Waals surface area contributed by atoms with Crippen LogP contribution < -0.4 is 15.8 Å². The highest BCUT2D eigenvalue weighted by Crippen LogP contribution is 2.22. The van der Waals surface area contributed by atoms with Crippen LogP contribution in [0.2, 0.25) is 0 Å². The van der Waals surface area contributed by atoms with Crippen LogP contribution in [0.15, 0.2) is 23.1 Å². The van der Waals surface area contributed by atoms with Gasteiger partial charge in [-0.25, -0.2) is 14.6 Å². The van der Waals surface area contributed by atoms with Gasteiger partial charge in [-0.1, -0.05) is 6.92 Å². The molecule has 3 rings (SSSR count). The Morgan fingerprint density at radius 3 is 2.92 bits per heavy atom. The van der Waals surface area contributed by atoms with Gasteiger partial charge >= 0.3 is 0 Å².